The second kappa shape index (κ2) is 5.60. The second-order valence-electron chi connectivity index (χ2n) is 3.54. The van der Waals surface area contributed by atoms with Gasteiger partial charge in [-0.3, -0.25) is 0 Å². The molecule has 0 aliphatic carbocycles. The Kier molecular flexibility index (Phi) is 4.40. The lowest BCUT2D eigenvalue weighted by Crippen LogP contribution is -2.07. The van der Waals surface area contributed by atoms with E-state index in [1.165, 1.54) is 12.8 Å². The highest BCUT2D eigenvalue weighted by Gasteiger charge is 2.00. The van der Waals surface area contributed by atoms with Gasteiger partial charge < -0.3 is 11.1 Å². The summed E-state index contributed by atoms with van der Waals surface area (Å²) in [5.74, 6) is 0.924. The Morgan fingerprint density at radius 1 is 1.57 bits per heavy atom. The van der Waals surface area contributed by atoms with Crippen LogP contribution in [0.3, 0.4) is 0 Å². The highest BCUT2D eigenvalue weighted by molar-refractivity contribution is 5.38. The second-order valence-corrected chi connectivity index (χ2v) is 3.54. The van der Waals surface area contributed by atoms with Crippen LogP contribution in [0, 0.1) is 0 Å². The van der Waals surface area contributed by atoms with Crippen molar-refractivity contribution in [3.8, 4) is 0 Å². The van der Waals surface area contributed by atoms with Gasteiger partial charge in [0.05, 0.1) is 0 Å². The fraction of sp³-hybridized carbons (Fsp3) is 0.545. The average molecular weight is 193 g/mol. The maximum Gasteiger partial charge on any atom is 0.126 e. The molecular formula is C11H19N3. The lowest BCUT2D eigenvalue weighted by molar-refractivity contribution is 0.810. The fourth-order valence-electron chi connectivity index (χ4n) is 1.22. The summed E-state index contributed by atoms with van der Waals surface area (Å²) >= 11 is 0. The molecule has 1 aromatic heterocycles. The molecule has 0 aliphatic heterocycles. The first-order chi connectivity index (χ1) is 6.74. The molecule has 0 amide bonds. The molecule has 0 radical (unpaired) electrons. The number of hydrogen-bond acceptors (Lipinski definition) is 3. The molecule has 1 heterocycles. The van der Waals surface area contributed by atoms with Crippen LogP contribution in [-0.2, 0) is 0 Å². The molecule has 0 bridgehead atoms. The maximum absolute atomic E-state index is 5.78. The molecule has 1 unspecified atom stereocenters. The Morgan fingerprint density at radius 2 is 2.36 bits per heavy atom. The van der Waals surface area contributed by atoms with E-state index >= 15 is 0 Å². The summed E-state index contributed by atoms with van der Waals surface area (Å²) in [7, 11) is 0. The SMILES string of the molecule is CCCCNc1cc(C(C)N)ccn1. The van der Waals surface area contributed by atoms with E-state index in [1.54, 1.807) is 6.20 Å². The van der Waals surface area contributed by atoms with Gasteiger partial charge in [-0.25, -0.2) is 4.98 Å². The first-order valence-electron chi connectivity index (χ1n) is 5.19. The first kappa shape index (κ1) is 11.0. The zero-order valence-corrected chi connectivity index (χ0v) is 8.96. The number of nitrogens with two attached hydrogens (primary N) is 1. The van der Waals surface area contributed by atoms with E-state index in [2.05, 4.69) is 17.2 Å². The molecule has 0 aromatic carbocycles. The number of nitrogens with zero attached hydrogens (tertiary/aromatic N) is 1. The quantitative estimate of drug-likeness (QED) is 0.705. The number of aromatic nitrogens is 1. The minimum Gasteiger partial charge on any atom is -0.370 e. The summed E-state index contributed by atoms with van der Waals surface area (Å²) in [5, 5.41) is 3.27. The molecule has 1 atom stereocenters. The van der Waals surface area contributed by atoms with Gasteiger partial charge in [0.1, 0.15) is 5.82 Å². The third-order valence-electron chi connectivity index (χ3n) is 2.15. The van der Waals surface area contributed by atoms with Crippen LogP contribution in [0.15, 0.2) is 18.3 Å². The molecule has 0 fully saturated rings. The van der Waals surface area contributed by atoms with Gasteiger partial charge in [-0.1, -0.05) is 13.3 Å². The van der Waals surface area contributed by atoms with Gasteiger partial charge in [-0.05, 0) is 31.0 Å². The van der Waals surface area contributed by atoms with Gasteiger partial charge in [-0.2, -0.15) is 0 Å². The topological polar surface area (TPSA) is 50.9 Å². The number of rotatable bonds is 5. The van der Waals surface area contributed by atoms with Gasteiger partial charge in [0.2, 0.25) is 0 Å². The van der Waals surface area contributed by atoms with Crippen LogP contribution in [0.2, 0.25) is 0 Å². The standard InChI is InChI=1S/C11H19N3/c1-3-4-6-13-11-8-10(9(2)12)5-7-14-11/h5,7-9H,3-4,6,12H2,1-2H3,(H,13,14). The van der Waals surface area contributed by atoms with Crippen molar-refractivity contribution in [2.75, 3.05) is 11.9 Å². The van der Waals surface area contributed by atoms with Gasteiger partial charge in [0.15, 0.2) is 0 Å². The normalized spacial score (nSPS) is 12.5. The number of pyridine rings is 1. The molecule has 0 saturated carbocycles. The van der Waals surface area contributed by atoms with E-state index in [0.29, 0.717) is 0 Å². The summed E-state index contributed by atoms with van der Waals surface area (Å²) in [6.07, 6.45) is 4.16. The molecule has 78 valence electrons. The molecule has 0 aliphatic rings. The molecule has 0 saturated heterocycles. The summed E-state index contributed by atoms with van der Waals surface area (Å²) in [6, 6.07) is 4.04. The van der Waals surface area contributed by atoms with Crippen LogP contribution in [0.5, 0.6) is 0 Å². The Bertz CT molecular complexity index is 271. The van der Waals surface area contributed by atoms with Crippen LogP contribution in [0.25, 0.3) is 0 Å². The minimum absolute atomic E-state index is 0.0738. The van der Waals surface area contributed by atoms with Crippen molar-refractivity contribution < 1.29 is 0 Å². The van der Waals surface area contributed by atoms with Crippen molar-refractivity contribution in [3.05, 3.63) is 23.9 Å². The van der Waals surface area contributed by atoms with E-state index < -0.39 is 0 Å². The highest BCUT2D eigenvalue weighted by Crippen LogP contribution is 2.12. The number of nitrogens with one attached hydrogen (secondary N) is 1. The Balaban J connectivity index is 2.55. The molecule has 0 spiro atoms. The number of unbranched alkanes of at least 4 members (excludes halogenated alkanes) is 1. The largest absolute Gasteiger partial charge is 0.370 e. The summed E-state index contributed by atoms with van der Waals surface area (Å²) in [5.41, 5.74) is 6.91. The third kappa shape index (κ3) is 3.34. The molecule has 1 aromatic rings. The summed E-state index contributed by atoms with van der Waals surface area (Å²) in [4.78, 5) is 4.23. The maximum atomic E-state index is 5.78. The molecule has 3 N–H and O–H groups in total. The molecular weight excluding hydrogens is 174 g/mol. The number of anilines is 1. The molecule has 3 nitrogen and oxygen atoms in total. The Labute approximate surface area is 85.7 Å². The van der Waals surface area contributed by atoms with Crippen LogP contribution in [0.1, 0.15) is 38.3 Å². The summed E-state index contributed by atoms with van der Waals surface area (Å²) < 4.78 is 0. The van der Waals surface area contributed by atoms with Gasteiger partial charge in [0, 0.05) is 18.8 Å². The van der Waals surface area contributed by atoms with Crippen LogP contribution in [-0.4, -0.2) is 11.5 Å². The summed E-state index contributed by atoms with van der Waals surface area (Å²) in [6.45, 7) is 5.13. The van der Waals surface area contributed by atoms with Crippen LogP contribution < -0.4 is 11.1 Å². The van der Waals surface area contributed by atoms with E-state index in [0.717, 1.165) is 17.9 Å². The number of hydrogen-bond donors (Lipinski definition) is 2. The van der Waals surface area contributed by atoms with Crippen molar-refractivity contribution in [2.45, 2.75) is 32.7 Å². The predicted octanol–water partition coefficient (Wildman–Crippen LogP) is 2.31. The van der Waals surface area contributed by atoms with Gasteiger partial charge in [-0.15, -0.1) is 0 Å². The molecule has 3 heteroatoms. The third-order valence-corrected chi connectivity index (χ3v) is 2.15. The van der Waals surface area contributed by atoms with Gasteiger partial charge >= 0.3 is 0 Å². The van der Waals surface area contributed by atoms with Crippen LogP contribution >= 0.6 is 0 Å². The lowest BCUT2D eigenvalue weighted by Gasteiger charge is -2.08. The van der Waals surface area contributed by atoms with E-state index in [4.69, 9.17) is 5.73 Å². The van der Waals surface area contributed by atoms with Crippen LogP contribution in [0.4, 0.5) is 5.82 Å². The monoisotopic (exact) mass is 193 g/mol. The zero-order valence-electron chi connectivity index (χ0n) is 8.96. The lowest BCUT2D eigenvalue weighted by atomic mass is 10.1. The minimum atomic E-state index is 0.0738. The molecule has 14 heavy (non-hydrogen) atoms. The zero-order chi connectivity index (χ0) is 10.4. The van der Waals surface area contributed by atoms with E-state index in [-0.39, 0.29) is 6.04 Å². The van der Waals surface area contributed by atoms with Crippen molar-refractivity contribution in [3.63, 3.8) is 0 Å². The van der Waals surface area contributed by atoms with Crippen molar-refractivity contribution in [2.24, 2.45) is 5.73 Å². The Hall–Kier alpha value is -1.09. The first-order valence-corrected chi connectivity index (χ1v) is 5.19. The van der Waals surface area contributed by atoms with Gasteiger partial charge in [0.25, 0.3) is 0 Å². The van der Waals surface area contributed by atoms with Crippen molar-refractivity contribution in [1.29, 1.82) is 0 Å². The highest BCUT2D eigenvalue weighted by atomic mass is 15.0. The fourth-order valence-corrected chi connectivity index (χ4v) is 1.22. The molecule has 1 rings (SSSR count). The van der Waals surface area contributed by atoms with E-state index in [1.807, 2.05) is 19.1 Å². The Morgan fingerprint density at radius 3 is 3.00 bits per heavy atom. The average Bonchev–Trinajstić information content (AvgIpc) is 2.19. The van der Waals surface area contributed by atoms with E-state index in [9.17, 15) is 0 Å². The van der Waals surface area contributed by atoms with Crippen molar-refractivity contribution in [1.82, 2.24) is 4.98 Å². The van der Waals surface area contributed by atoms with Crippen molar-refractivity contribution >= 4 is 5.82 Å². The smallest absolute Gasteiger partial charge is 0.126 e. The predicted molar refractivity (Wildman–Crippen MR) is 60.2 cm³/mol.